The standard InChI is InChI=1S/C19H23N5O/c25-18(21-12-9-15-6-2-1-3-7-15)17-10-13-22-19(24-17)23-14-16-8-4-5-11-20-16/h4-6,8,10-11,13H,1-3,7,9,12,14H2,(H,21,25)(H,22,23,24). The highest BCUT2D eigenvalue weighted by molar-refractivity contribution is 5.92. The molecule has 2 aromatic heterocycles. The molecule has 0 radical (unpaired) electrons. The molecule has 0 aromatic carbocycles. The first-order valence-electron chi connectivity index (χ1n) is 8.74. The summed E-state index contributed by atoms with van der Waals surface area (Å²) in [5.41, 5.74) is 2.71. The minimum absolute atomic E-state index is 0.167. The highest BCUT2D eigenvalue weighted by Crippen LogP contribution is 2.19. The van der Waals surface area contributed by atoms with E-state index in [0.29, 0.717) is 24.7 Å². The average Bonchev–Trinajstić information content (AvgIpc) is 2.68. The van der Waals surface area contributed by atoms with E-state index in [1.807, 2.05) is 18.2 Å². The molecule has 1 aliphatic carbocycles. The van der Waals surface area contributed by atoms with Gasteiger partial charge in [0.05, 0.1) is 12.2 Å². The van der Waals surface area contributed by atoms with Gasteiger partial charge in [0.15, 0.2) is 0 Å². The Balaban J connectivity index is 1.49. The second kappa shape index (κ2) is 8.92. The molecule has 0 spiro atoms. The number of nitrogens with one attached hydrogen (secondary N) is 2. The molecule has 3 rings (SSSR count). The van der Waals surface area contributed by atoms with Crippen molar-refractivity contribution in [3.8, 4) is 0 Å². The van der Waals surface area contributed by atoms with Gasteiger partial charge in [-0.3, -0.25) is 9.78 Å². The number of carbonyl (C=O) groups is 1. The molecule has 25 heavy (non-hydrogen) atoms. The molecule has 0 bridgehead atoms. The topological polar surface area (TPSA) is 79.8 Å². The number of allylic oxidation sites excluding steroid dienone is 1. The van der Waals surface area contributed by atoms with Crippen LogP contribution in [-0.4, -0.2) is 27.4 Å². The summed E-state index contributed by atoms with van der Waals surface area (Å²) >= 11 is 0. The van der Waals surface area contributed by atoms with Gasteiger partial charge >= 0.3 is 0 Å². The van der Waals surface area contributed by atoms with Gasteiger partial charge in [0.1, 0.15) is 5.69 Å². The number of carbonyl (C=O) groups excluding carboxylic acids is 1. The predicted octanol–water partition coefficient (Wildman–Crippen LogP) is 3.10. The Morgan fingerprint density at radius 1 is 1.12 bits per heavy atom. The van der Waals surface area contributed by atoms with Crippen molar-refractivity contribution in [3.05, 3.63) is 59.7 Å². The van der Waals surface area contributed by atoms with Crippen molar-refractivity contribution < 1.29 is 4.79 Å². The van der Waals surface area contributed by atoms with Gasteiger partial charge in [0.2, 0.25) is 5.95 Å². The van der Waals surface area contributed by atoms with E-state index in [4.69, 9.17) is 0 Å². The van der Waals surface area contributed by atoms with Crippen molar-refractivity contribution in [3.63, 3.8) is 0 Å². The number of nitrogens with zero attached hydrogens (tertiary/aromatic N) is 3. The first kappa shape index (κ1) is 17.1. The van der Waals surface area contributed by atoms with Crippen LogP contribution in [0.2, 0.25) is 0 Å². The Morgan fingerprint density at radius 3 is 2.88 bits per heavy atom. The summed E-state index contributed by atoms with van der Waals surface area (Å²) in [6.45, 7) is 1.16. The maximum absolute atomic E-state index is 12.3. The lowest BCUT2D eigenvalue weighted by atomic mass is 9.97. The van der Waals surface area contributed by atoms with E-state index in [0.717, 1.165) is 18.5 Å². The van der Waals surface area contributed by atoms with Crippen LogP contribution in [0, 0.1) is 0 Å². The first-order valence-corrected chi connectivity index (χ1v) is 8.74. The molecule has 6 nitrogen and oxygen atoms in total. The summed E-state index contributed by atoms with van der Waals surface area (Å²) in [6.07, 6.45) is 11.4. The zero-order valence-electron chi connectivity index (χ0n) is 14.2. The van der Waals surface area contributed by atoms with Gasteiger partial charge in [-0.15, -0.1) is 0 Å². The molecule has 0 saturated carbocycles. The minimum atomic E-state index is -0.167. The van der Waals surface area contributed by atoms with Crippen LogP contribution in [-0.2, 0) is 6.54 Å². The third-order valence-electron chi connectivity index (χ3n) is 4.16. The van der Waals surface area contributed by atoms with E-state index in [-0.39, 0.29) is 5.91 Å². The predicted molar refractivity (Wildman–Crippen MR) is 97.1 cm³/mol. The van der Waals surface area contributed by atoms with Crippen LogP contribution in [0.25, 0.3) is 0 Å². The first-order chi connectivity index (χ1) is 12.3. The molecule has 0 unspecified atom stereocenters. The Kier molecular flexibility index (Phi) is 6.09. The minimum Gasteiger partial charge on any atom is -0.350 e. The maximum atomic E-state index is 12.3. The molecule has 1 amide bonds. The summed E-state index contributed by atoms with van der Waals surface area (Å²) in [7, 11) is 0. The molecule has 2 N–H and O–H groups in total. The van der Waals surface area contributed by atoms with Crippen LogP contribution in [0.1, 0.15) is 48.3 Å². The molecule has 0 fully saturated rings. The number of hydrogen-bond donors (Lipinski definition) is 2. The smallest absolute Gasteiger partial charge is 0.270 e. The molecule has 2 aromatic rings. The SMILES string of the molecule is O=C(NCCC1=CCCCC1)c1ccnc(NCc2ccccn2)n1. The van der Waals surface area contributed by atoms with Crippen LogP contribution in [0.4, 0.5) is 5.95 Å². The Hall–Kier alpha value is -2.76. The quantitative estimate of drug-likeness (QED) is 0.759. The second-order valence-electron chi connectivity index (χ2n) is 6.05. The fraction of sp³-hybridized carbons (Fsp3) is 0.368. The summed E-state index contributed by atoms with van der Waals surface area (Å²) in [5, 5.41) is 6.03. The van der Waals surface area contributed by atoms with Gasteiger partial charge in [-0.05, 0) is 50.3 Å². The number of anilines is 1. The van der Waals surface area contributed by atoms with Gasteiger partial charge in [0.25, 0.3) is 5.91 Å². The molecule has 0 atom stereocenters. The molecule has 0 aliphatic heterocycles. The van der Waals surface area contributed by atoms with Crippen molar-refractivity contribution >= 4 is 11.9 Å². The van der Waals surface area contributed by atoms with E-state index < -0.39 is 0 Å². The third kappa shape index (κ3) is 5.38. The number of rotatable bonds is 7. The summed E-state index contributed by atoms with van der Waals surface area (Å²) in [5.74, 6) is 0.257. The normalized spacial score (nSPS) is 13.8. The molecule has 1 aliphatic rings. The maximum Gasteiger partial charge on any atom is 0.270 e. The van der Waals surface area contributed by atoms with E-state index >= 15 is 0 Å². The van der Waals surface area contributed by atoms with Crippen LogP contribution >= 0.6 is 0 Å². The van der Waals surface area contributed by atoms with Crippen LogP contribution in [0.3, 0.4) is 0 Å². The van der Waals surface area contributed by atoms with Gasteiger partial charge in [-0.25, -0.2) is 9.97 Å². The second-order valence-corrected chi connectivity index (χ2v) is 6.05. The van der Waals surface area contributed by atoms with E-state index in [1.54, 1.807) is 18.5 Å². The van der Waals surface area contributed by atoms with Crippen molar-refractivity contribution in [2.75, 3.05) is 11.9 Å². The lowest BCUT2D eigenvalue weighted by Gasteiger charge is -2.13. The number of aromatic nitrogens is 3. The molecule has 2 heterocycles. The number of pyridine rings is 1. The van der Waals surface area contributed by atoms with Gasteiger partial charge in [-0.1, -0.05) is 17.7 Å². The Bertz CT molecular complexity index is 730. The highest BCUT2D eigenvalue weighted by Gasteiger charge is 2.09. The monoisotopic (exact) mass is 337 g/mol. The fourth-order valence-corrected chi connectivity index (χ4v) is 2.80. The Morgan fingerprint density at radius 2 is 2.08 bits per heavy atom. The van der Waals surface area contributed by atoms with E-state index in [2.05, 4.69) is 31.7 Å². The van der Waals surface area contributed by atoms with Gasteiger partial charge in [-0.2, -0.15) is 0 Å². The van der Waals surface area contributed by atoms with Crippen molar-refractivity contribution in [2.45, 2.75) is 38.6 Å². The number of hydrogen-bond acceptors (Lipinski definition) is 5. The molecular formula is C19H23N5O. The van der Waals surface area contributed by atoms with Crippen LogP contribution in [0.5, 0.6) is 0 Å². The van der Waals surface area contributed by atoms with Crippen LogP contribution in [0.15, 0.2) is 48.3 Å². The molecule has 0 saturated heterocycles. The zero-order chi connectivity index (χ0) is 17.3. The number of amides is 1. The molecular weight excluding hydrogens is 314 g/mol. The largest absolute Gasteiger partial charge is 0.350 e. The fourth-order valence-electron chi connectivity index (χ4n) is 2.80. The van der Waals surface area contributed by atoms with Crippen molar-refractivity contribution in [2.24, 2.45) is 0 Å². The van der Waals surface area contributed by atoms with Crippen molar-refractivity contribution in [1.29, 1.82) is 0 Å². The van der Waals surface area contributed by atoms with Crippen LogP contribution < -0.4 is 10.6 Å². The van der Waals surface area contributed by atoms with Crippen molar-refractivity contribution in [1.82, 2.24) is 20.3 Å². The summed E-state index contributed by atoms with van der Waals surface area (Å²) < 4.78 is 0. The summed E-state index contributed by atoms with van der Waals surface area (Å²) in [6, 6.07) is 7.34. The summed E-state index contributed by atoms with van der Waals surface area (Å²) in [4.78, 5) is 24.9. The average molecular weight is 337 g/mol. The third-order valence-corrected chi connectivity index (χ3v) is 4.16. The lowest BCUT2D eigenvalue weighted by Crippen LogP contribution is -2.26. The molecule has 6 heteroatoms. The van der Waals surface area contributed by atoms with Gasteiger partial charge in [0, 0.05) is 18.9 Å². The Labute approximate surface area is 147 Å². The van der Waals surface area contributed by atoms with E-state index in [1.165, 1.54) is 24.8 Å². The van der Waals surface area contributed by atoms with E-state index in [9.17, 15) is 4.79 Å². The zero-order valence-corrected chi connectivity index (χ0v) is 14.2. The van der Waals surface area contributed by atoms with Gasteiger partial charge < -0.3 is 10.6 Å². The lowest BCUT2D eigenvalue weighted by molar-refractivity contribution is 0.0949. The molecule has 130 valence electrons. The highest BCUT2D eigenvalue weighted by atomic mass is 16.1.